The van der Waals surface area contributed by atoms with Crippen molar-refractivity contribution < 1.29 is 4.79 Å². The third kappa shape index (κ3) is 2.66. The van der Waals surface area contributed by atoms with Crippen molar-refractivity contribution in [1.29, 1.82) is 0 Å². The number of nitrogens with two attached hydrogens (primary N) is 1. The zero-order chi connectivity index (χ0) is 12.4. The van der Waals surface area contributed by atoms with Gasteiger partial charge in [-0.05, 0) is 18.2 Å². The molecule has 0 amide bonds. The SMILES string of the molecule is NCc1nc(C(=O)c2cc(Cl)ccc2Cl)cs1. The first-order valence-corrected chi connectivity index (χ1v) is 6.39. The lowest BCUT2D eigenvalue weighted by Gasteiger charge is -2.01. The summed E-state index contributed by atoms with van der Waals surface area (Å²) in [4.78, 5) is 16.2. The molecule has 0 radical (unpaired) electrons. The van der Waals surface area contributed by atoms with Gasteiger partial charge in [-0.1, -0.05) is 23.2 Å². The molecule has 0 spiro atoms. The summed E-state index contributed by atoms with van der Waals surface area (Å²) >= 11 is 13.1. The van der Waals surface area contributed by atoms with Gasteiger partial charge < -0.3 is 5.73 Å². The standard InChI is InChI=1S/C11H8Cl2N2OS/c12-6-1-2-8(13)7(3-6)11(16)9-5-17-10(4-14)15-9/h1-3,5H,4,14H2. The van der Waals surface area contributed by atoms with Crippen LogP contribution in [0.1, 0.15) is 21.1 Å². The molecule has 0 aliphatic rings. The van der Waals surface area contributed by atoms with E-state index in [1.165, 1.54) is 17.4 Å². The van der Waals surface area contributed by atoms with Crippen LogP contribution in [0.5, 0.6) is 0 Å². The molecule has 0 atom stereocenters. The number of benzene rings is 1. The van der Waals surface area contributed by atoms with Crippen molar-refractivity contribution in [2.24, 2.45) is 5.73 Å². The first kappa shape index (κ1) is 12.5. The van der Waals surface area contributed by atoms with Gasteiger partial charge in [0.2, 0.25) is 5.78 Å². The summed E-state index contributed by atoms with van der Waals surface area (Å²) < 4.78 is 0. The van der Waals surface area contributed by atoms with Gasteiger partial charge in [-0.2, -0.15) is 0 Å². The smallest absolute Gasteiger partial charge is 0.213 e. The van der Waals surface area contributed by atoms with E-state index < -0.39 is 0 Å². The number of carbonyl (C=O) groups excluding carboxylic acids is 1. The molecule has 88 valence electrons. The minimum absolute atomic E-state index is 0.242. The molecule has 2 N–H and O–H groups in total. The lowest BCUT2D eigenvalue weighted by molar-refractivity contribution is 0.103. The summed E-state index contributed by atoms with van der Waals surface area (Å²) in [6, 6.07) is 4.76. The Bertz CT molecular complexity index is 568. The van der Waals surface area contributed by atoms with Crippen LogP contribution < -0.4 is 5.73 Å². The molecule has 17 heavy (non-hydrogen) atoms. The molecular weight excluding hydrogens is 279 g/mol. The largest absolute Gasteiger partial charge is 0.325 e. The third-order valence-electron chi connectivity index (χ3n) is 2.13. The van der Waals surface area contributed by atoms with Crippen molar-refractivity contribution in [3.8, 4) is 0 Å². The van der Waals surface area contributed by atoms with Crippen molar-refractivity contribution in [3.05, 3.63) is 49.9 Å². The van der Waals surface area contributed by atoms with Crippen LogP contribution in [-0.4, -0.2) is 10.8 Å². The predicted molar refractivity (Wildman–Crippen MR) is 69.9 cm³/mol. The van der Waals surface area contributed by atoms with E-state index in [9.17, 15) is 4.79 Å². The minimum Gasteiger partial charge on any atom is -0.325 e. The zero-order valence-corrected chi connectivity index (χ0v) is 10.9. The molecule has 3 nitrogen and oxygen atoms in total. The van der Waals surface area contributed by atoms with Crippen molar-refractivity contribution in [2.75, 3.05) is 0 Å². The minimum atomic E-state index is -0.242. The molecule has 0 aliphatic heterocycles. The van der Waals surface area contributed by atoms with Gasteiger partial charge in [-0.25, -0.2) is 4.98 Å². The van der Waals surface area contributed by atoms with Gasteiger partial charge in [-0.3, -0.25) is 4.79 Å². The van der Waals surface area contributed by atoms with Gasteiger partial charge in [0.25, 0.3) is 0 Å². The molecule has 1 heterocycles. The van der Waals surface area contributed by atoms with Gasteiger partial charge >= 0.3 is 0 Å². The quantitative estimate of drug-likeness (QED) is 0.882. The second-order valence-corrected chi connectivity index (χ2v) is 5.07. The summed E-state index contributed by atoms with van der Waals surface area (Å²) in [5, 5.41) is 3.21. The summed E-state index contributed by atoms with van der Waals surface area (Å²) in [6.07, 6.45) is 0. The number of hydrogen-bond acceptors (Lipinski definition) is 4. The molecule has 0 saturated carbocycles. The van der Waals surface area contributed by atoms with E-state index in [2.05, 4.69) is 4.98 Å². The van der Waals surface area contributed by atoms with Crippen molar-refractivity contribution in [3.63, 3.8) is 0 Å². The van der Waals surface area contributed by atoms with Gasteiger partial charge in [0, 0.05) is 22.5 Å². The first-order chi connectivity index (χ1) is 8.11. The van der Waals surface area contributed by atoms with E-state index in [1.807, 2.05) is 0 Å². The Hall–Kier alpha value is -0.940. The van der Waals surface area contributed by atoms with E-state index in [1.54, 1.807) is 17.5 Å². The number of nitrogens with zero attached hydrogens (tertiary/aromatic N) is 1. The fraction of sp³-hybridized carbons (Fsp3) is 0.0909. The van der Waals surface area contributed by atoms with Crippen LogP contribution in [0.3, 0.4) is 0 Å². The van der Waals surface area contributed by atoms with E-state index in [4.69, 9.17) is 28.9 Å². The average Bonchev–Trinajstić information content (AvgIpc) is 2.80. The fourth-order valence-corrected chi connectivity index (χ4v) is 2.35. The van der Waals surface area contributed by atoms with Crippen molar-refractivity contribution in [2.45, 2.75) is 6.54 Å². The maximum Gasteiger partial charge on any atom is 0.213 e. The maximum absolute atomic E-state index is 12.1. The number of hydrogen-bond donors (Lipinski definition) is 1. The number of thiazole rings is 1. The molecule has 0 saturated heterocycles. The molecule has 0 fully saturated rings. The lowest BCUT2D eigenvalue weighted by atomic mass is 10.1. The van der Waals surface area contributed by atoms with E-state index in [0.717, 1.165) is 0 Å². The zero-order valence-electron chi connectivity index (χ0n) is 8.61. The Kier molecular flexibility index (Phi) is 3.79. The summed E-state index contributed by atoms with van der Waals surface area (Å²) in [5.41, 5.74) is 6.15. The highest BCUT2D eigenvalue weighted by molar-refractivity contribution is 7.09. The molecule has 2 rings (SSSR count). The Labute approximate surface area is 112 Å². The molecular formula is C11H8Cl2N2OS. The van der Waals surface area contributed by atoms with Crippen LogP contribution in [-0.2, 0) is 6.54 Å². The second kappa shape index (κ2) is 5.14. The normalized spacial score (nSPS) is 10.5. The number of aromatic nitrogens is 1. The highest BCUT2D eigenvalue weighted by Gasteiger charge is 2.16. The van der Waals surface area contributed by atoms with Gasteiger partial charge in [0.1, 0.15) is 10.7 Å². The number of ketones is 1. The Morgan fingerprint density at radius 1 is 1.41 bits per heavy atom. The highest BCUT2D eigenvalue weighted by atomic mass is 35.5. The fourth-order valence-electron chi connectivity index (χ4n) is 1.32. The molecule has 6 heteroatoms. The van der Waals surface area contributed by atoms with Crippen LogP contribution in [0.4, 0.5) is 0 Å². The molecule has 1 aromatic heterocycles. The van der Waals surface area contributed by atoms with Crippen LogP contribution in [0.2, 0.25) is 10.0 Å². The van der Waals surface area contributed by atoms with E-state index in [-0.39, 0.29) is 5.78 Å². The summed E-state index contributed by atoms with van der Waals surface area (Å²) in [5.74, 6) is -0.242. The van der Waals surface area contributed by atoms with Crippen molar-refractivity contribution >= 4 is 40.3 Å². The van der Waals surface area contributed by atoms with Crippen LogP contribution in [0.25, 0.3) is 0 Å². The van der Waals surface area contributed by atoms with Gasteiger partial charge in [0.15, 0.2) is 0 Å². The molecule has 0 bridgehead atoms. The maximum atomic E-state index is 12.1. The molecule has 0 aliphatic carbocycles. The van der Waals surface area contributed by atoms with E-state index in [0.29, 0.717) is 32.9 Å². The molecule has 2 aromatic rings. The number of halogens is 2. The van der Waals surface area contributed by atoms with Crippen molar-refractivity contribution in [1.82, 2.24) is 4.98 Å². The lowest BCUT2D eigenvalue weighted by Crippen LogP contribution is -2.04. The van der Waals surface area contributed by atoms with Crippen LogP contribution in [0, 0.1) is 0 Å². The molecule has 1 aromatic carbocycles. The average molecular weight is 287 g/mol. The Balaban J connectivity index is 2.39. The summed E-state index contributed by atoms with van der Waals surface area (Å²) in [6.45, 7) is 0.321. The van der Waals surface area contributed by atoms with Gasteiger partial charge in [0.05, 0.1) is 5.02 Å². The highest BCUT2D eigenvalue weighted by Crippen LogP contribution is 2.23. The molecule has 0 unspecified atom stereocenters. The number of carbonyl (C=O) groups is 1. The third-order valence-corrected chi connectivity index (χ3v) is 3.57. The van der Waals surface area contributed by atoms with E-state index >= 15 is 0 Å². The summed E-state index contributed by atoms with van der Waals surface area (Å²) in [7, 11) is 0. The van der Waals surface area contributed by atoms with Crippen LogP contribution in [0.15, 0.2) is 23.6 Å². The monoisotopic (exact) mass is 286 g/mol. The number of rotatable bonds is 3. The first-order valence-electron chi connectivity index (χ1n) is 4.76. The predicted octanol–water partition coefficient (Wildman–Crippen LogP) is 3.14. The topological polar surface area (TPSA) is 56.0 Å². The Morgan fingerprint density at radius 2 is 2.18 bits per heavy atom. The van der Waals surface area contributed by atoms with Crippen LogP contribution >= 0.6 is 34.5 Å². The second-order valence-electron chi connectivity index (χ2n) is 3.28. The van der Waals surface area contributed by atoms with Gasteiger partial charge in [-0.15, -0.1) is 11.3 Å². The Morgan fingerprint density at radius 3 is 2.82 bits per heavy atom.